The van der Waals surface area contributed by atoms with Crippen LogP contribution in [-0.4, -0.2) is 21.9 Å². The van der Waals surface area contributed by atoms with Crippen molar-refractivity contribution in [2.45, 2.75) is 32.8 Å². The first-order valence-electron chi connectivity index (χ1n) is 8.56. The zero-order valence-corrected chi connectivity index (χ0v) is 15.8. The summed E-state index contributed by atoms with van der Waals surface area (Å²) >= 11 is 0. The summed E-state index contributed by atoms with van der Waals surface area (Å²) in [7, 11) is 0. The zero-order chi connectivity index (χ0) is 20.6. The van der Waals surface area contributed by atoms with Crippen molar-refractivity contribution in [2.75, 3.05) is 0 Å². The van der Waals surface area contributed by atoms with Crippen LogP contribution in [0.4, 0.5) is 0 Å². The molecule has 2 amide bonds. The van der Waals surface area contributed by atoms with Gasteiger partial charge in [-0.15, -0.1) is 0 Å². The number of carbonyl (C=O) groups excluding carboxylic acids is 2. The van der Waals surface area contributed by atoms with E-state index in [-0.39, 0.29) is 18.1 Å². The van der Waals surface area contributed by atoms with Crippen LogP contribution in [0.5, 0.6) is 11.6 Å². The quantitative estimate of drug-likeness (QED) is 0.596. The van der Waals surface area contributed by atoms with Gasteiger partial charge in [0.25, 0.3) is 5.91 Å². The molecule has 3 aromatic rings. The van der Waals surface area contributed by atoms with Gasteiger partial charge in [-0.2, -0.15) is 0 Å². The summed E-state index contributed by atoms with van der Waals surface area (Å²) in [6, 6.07) is 6.59. The summed E-state index contributed by atoms with van der Waals surface area (Å²) in [6.45, 7) is 4.88. The number of aryl methyl sites for hydroxylation is 1. The van der Waals surface area contributed by atoms with E-state index < -0.39 is 17.2 Å². The number of pyridine rings is 1. The van der Waals surface area contributed by atoms with Crippen LogP contribution in [0.1, 0.15) is 41.1 Å². The van der Waals surface area contributed by atoms with Crippen LogP contribution in [0, 0.1) is 6.92 Å². The maximum Gasteiger partial charge on any atom is 0.252 e. The van der Waals surface area contributed by atoms with E-state index in [1.54, 1.807) is 45.0 Å². The second-order valence-electron chi connectivity index (χ2n) is 6.97. The third-order valence-corrected chi connectivity index (χ3v) is 4.73. The minimum absolute atomic E-state index is 0.00421. The smallest absolute Gasteiger partial charge is 0.252 e. The molecule has 0 unspecified atom stereocenters. The number of aromatic nitrogens is 1. The van der Waals surface area contributed by atoms with Crippen molar-refractivity contribution in [3.8, 4) is 11.6 Å². The van der Waals surface area contributed by atoms with Crippen molar-refractivity contribution in [2.24, 2.45) is 11.5 Å². The van der Waals surface area contributed by atoms with Crippen molar-refractivity contribution < 1.29 is 23.8 Å². The fourth-order valence-corrected chi connectivity index (χ4v) is 3.15. The second-order valence-corrected chi connectivity index (χ2v) is 6.97. The predicted octanol–water partition coefficient (Wildman–Crippen LogP) is 2.28. The fraction of sp³-hybridized carbons (Fsp3) is 0.250. The molecular formula is C20H21N3O5. The van der Waals surface area contributed by atoms with Gasteiger partial charge in [0, 0.05) is 17.1 Å². The fourth-order valence-electron chi connectivity index (χ4n) is 3.15. The largest absolute Gasteiger partial charge is 0.493 e. The molecule has 0 saturated carbocycles. The van der Waals surface area contributed by atoms with Crippen LogP contribution in [0.3, 0.4) is 0 Å². The SMILES string of the molecule is Cc1oc2ccc(OCc3cccnc3O)c(C(C)(C)C(N)=O)c2c1C(N)=O. The Labute approximate surface area is 161 Å². The molecule has 0 bridgehead atoms. The summed E-state index contributed by atoms with van der Waals surface area (Å²) in [6.07, 6.45) is 1.46. The molecule has 0 saturated heterocycles. The number of nitrogens with zero attached hydrogens (tertiary/aromatic N) is 1. The molecule has 8 heteroatoms. The summed E-state index contributed by atoms with van der Waals surface area (Å²) in [5, 5.41) is 10.2. The molecular weight excluding hydrogens is 362 g/mol. The van der Waals surface area contributed by atoms with Crippen LogP contribution >= 0.6 is 0 Å². The Bertz CT molecular complexity index is 1080. The Kier molecular flexibility index (Phi) is 4.72. The van der Waals surface area contributed by atoms with Gasteiger partial charge < -0.3 is 25.7 Å². The van der Waals surface area contributed by atoms with Gasteiger partial charge >= 0.3 is 0 Å². The molecule has 2 heterocycles. The highest BCUT2D eigenvalue weighted by Gasteiger charge is 2.36. The topological polar surface area (TPSA) is 142 Å². The number of hydrogen-bond donors (Lipinski definition) is 3. The van der Waals surface area contributed by atoms with Crippen molar-refractivity contribution >= 4 is 22.8 Å². The summed E-state index contributed by atoms with van der Waals surface area (Å²) in [5.41, 5.74) is 11.4. The number of hydrogen-bond acceptors (Lipinski definition) is 6. The number of rotatable bonds is 6. The number of furan rings is 1. The lowest BCUT2D eigenvalue weighted by atomic mass is 9.80. The molecule has 0 fully saturated rings. The average molecular weight is 383 g/mol. The molecule has 0 aliphatic carbocycles. The van der Waals surface area contributed by atoms with Crippen molar-refractivity contribution in [3.05, 3.63) is 52.9 Å². The van der Waals surface area contributed by atoms with Gasteiger partial charge in [-0.05, 0) is 45.0 Å². The molecule has 28 heavy (non-hydrogen) atoms. The Morgan fingerprint density at radius 3 is 2.57 bits per heavy atom. The second kappa shape index (κ2) is 6.88. The molecule has 5 N–H and O–H groups in total. The number of amides is 2. The molecule has 0 spiro atoms. The lowest BCUT2D eigenvalue weighted by molar-refractivity contribution is -0.122. The van der Waals surface area contributed by atoms with Gasteiger partial charge in [0.1, 0.15) is 23.7 Å². The van der Waals surface area contributed by atoms with Crippen molar-refractivity contribution in [1.82, 2.24) is 4.98 Å². The van der Waals surface area contributed by atoms with Gasteiger partial charge in [-0.25, -0.2) is 4.98 Å². The predicted molar refractivity (Wildman–Crippen MR) is 102 cm³/mol. The van der Waals surface area contributed by atoms with E-state index in [1.807, 2.05) is 0 Å². The van der Waals surface area contributed by atoms with E-state index in [0.717, 1.165) is 0 Å². The Hall–Kier alpha value is -3.55. The summed E-state index contributed by atoms with van der Waals surface area (Å²) < 4.78 is 11.5. The maximum absolute atomic E-state index is 12.2. The van der Waals surface area contributed by atoms with Gasteiger partial charge in [-0.3, -0.25) is 9.59 Å². The first kappa shape index (κ1) is 19.2. The Morgan fingerprint density at radius 2 is 1.96 bits per heavy atom. The maximum atomic E-state index is 12.2. The Balaban J connectivity index is 2.22. The van der Waals surface area contributed by atoms with Crippen LogP contribution in [0.2, 0.25) is 0 Å². The van der Waals surface area contributed by atoms with Crippen molar-refractivity contribution in [3.63, 3.8) is 0 Å². The monoisotopic (exact) mass is 383 g/mol. The average Bonchev–Trinajstić information content (AvgIpc) is 2.96. The number of aromatic hydroxyl groups is 1. The molecule has 146 valence electrons. The highest BCUT2D eigenvalue weighted by atomic mass is 16.5. The van der Waals surface area contributed by atoms with E-state index in [0.29, 0.717) is 33.6 Å². The molecule has 0 aliphatic heterocycles. The van der Waals surface area contributed by atoms with Gasteiger partial charge in [0.15, 0.2) is 0 Å². The molecule has 1 aromatic carbocycles. The molecule has 3 rings (SSSR count). The van der Waals surface area contributed by atoms with Crippen LogP contribution in [0.25, 0.3) is 11.0 Å². The minimum Gasteiger partial charge on any atom is -0.493 e. The highest BCUT2D eigenvalue weighted by Crippen LogP contribution is 2.41. The van der Waals surface area contributed by atoms with Crippen LogP contribution in [0.15, 0.2) is 34.9 Å². The molecule has 0 atom stereocenters. The normalized spacial score (nSPS) is 11.5. The zero-order valence-electron chi connectivity index (χ0n) is 15.8. The van der Waals surface area contributed by atoms with Gasteiger partial charge in [-0.1, -0.05) is 0 Å². The first-order chi connectivity index (χ1) is 13.1. The highest BCUT2D eigenvalue weighted by molar-refractivity contribution is 6.10. The van der Waals surface area contributed by atoms with E-state index >= 15 is 0 Å². The third kappa shape index (κ3) is 3.13. The lowest BCUT2D eigenvalue weighted by Crippen LogP contribution is -2.36. The first-order valence-corrected chi connectivity index (χ1v) is 8.56. The van der Waals surface area contributed by atoms with Gasteiger partial charge in [0.2, 0.25) is 11.8 Å². The van der Waals surface area contributed by atoms with Gasteiger partial charge in [0.05, 0.1) is 16.5 Å². The molecule has 2 aromatic heterocycles. The van der Waals surface area contributed by atoms with Crippen molar-refractivity contribution in [1.29, 1.82) is 0 Å². The van der Waals surface area contributed by atoms with E-state index in [2.05, 4.69) is 4.98 Å². The minimum atomic E-state index is -1.19. The number of nitrogens with two attached hydrogens (primary N) is 2. The van der Waals surface area contributed by atoms with Crippen LogP contribution in [-0.2, 0) is 16.8 Å². The number of primary amides is 2. The number of fused-ring (bicyclic) bond motifs is 1. The molecule has 8 nitrogen and oxygen atoms in total. The molecule has 0 radical (unpaired) electrons. The third-order valence-electron chi connectivity index (χ3n) is 4.73. The summed E-state index contributed by atoms with van der Waals surface area (Å²) in [5.74, 6) is -0.784. The number of benzene rings is 1. The van der Waals surface area contributed by atoms with E-state index in [1.165, 1.54) is 6.20 Å². The summed E-state index contributed by atoms with van der Waals surface area (Å²) in [4.78, 5) is 28.1. The number of carbonyl (C=O) groups is 2. The number of ether oxygens (including phenoxy) is 1. The van der Waals surface area contributed by atoms with Crippen LogP contribution < -0.4 is 16.2 Å². The molecule has 0 aliphatic rings. The van der Waals surface area contributed by atoms with E-state index in [9.17, 15) is 14.7 Å². The standard InChI is InChI=1S/C20H21N3O5/c1-10-14(17(21)24)15-12(28-10)6-7-13(16(15)20(2,3)19(22)26)27-9-11-5-4-8-23-18(11)25/h4-8H,9H2,1-3H3,(H2,21,24)(H2,22,26)(H,23,25). The lowest BCUT2D eigenvalue weighted by Gasteiger charge is -2.25. The van der Waals surface area contributed by atoms with E-state index in [4.69, 9.17) is 20.6 Å². The Morgan fingerprint density at radius 1 is 1.25 bits per heavy atom.